The highest BCUT2D eigenvalue weighted by molar-refractivity contribution is 4.79. The quantitative estimate of drug-likeness (QED) is 0.560. The lowest BCUT2D eigenvalue weighted by molar-refractivity contribution is 0.238. The molecule has 0 aromatic rings. The van der Waals surface area contributed by atoms with Crippen LogP contribution in [-0.2, 0) is 0 Å². The Morgan fingerprint density at radius 2 is 1.33 bits per heavy atom. The molecule has 1 nitrogen and oxygen atoms in total. The molecule has 0 aromatic carbocycles. The van der Waals surface area contributed by atoms with E-state index in [1.54, 1.807) is 0 Å². The molecule has 1 rings (SSSR count). The van der Waals surface area contributed by atoms with Crippen molar-refractivity contribution < 1.29 is 0 Å². The third kappa shape index (κ3) is 7.41. The smallest absolute Gasteiger partial charge is 0.00721 e. The summed E-state index contributed by atoms with van der Waals surface area (Å²) in [6.07, 6.45) is 14.2. The third-order valence-corrected chi connectivity index (χ3v) is 4.39. The molecule has 18 heavy (non-hydrogen) atoms. The van der Waals surface area contributed by atoms with Gasteiger partial charge in [-0.2, -0.15) is 0 Å². The van der Waals surface area contributed by atoms with Gasteiger partial charge in [-0.25, -0.2) is 0 Å². The van der Waals surface area contributed by atoms with E-state index >= 15 is 0 Å². The van der Waals surface area contributed by atoms with Gasteiger partial charge in [0, 0.05) is 6.04 Å². The van der Waals surface area contributed by atoms with Gasteiger partial charge in [-0.05, 0) is 44.1 Å². The first-order valence-electron chi connectivity index (χ1n) is 8.45. The van der Waals surface area contributed by atoms with Crippen LogP contribution in [0.1, 0.15) is 85.0 Å². The van der Waals surface area contributed by atoms with Crippen molar-refractivity contribution in [3.8, 4) is 0 Å². The van der Waals surface area contributed by atoms with Crippen molar-refractivity contribution in [2.75, 3.05) is 6.54 Å². The van der Waals surface area contributed by atoms with E-state index in [9.17, 15) is 0 Å². The summed E-state index contributed by atoms with van der Waals surface area (Å²) in [5, 5.41) is 3.78. The van der Waals surface area contributed by atoms with Gasteiger partial charge in [0.2, 0.25) is 0 Å². The highest BCUT2D eigenvalue weighted by atomic mass is 14.9. The van der Waals surface area contributed by atoms with Crippen LogP contribution in [0.5, 0.6) is 0 Å². The Morgan fingerprint density at radius 1 is 0.778 bits per heavy atom. The summed E-state index contributed by atoms with van der Waals surface area (Å²) in [4.78, 5) is 0. The highest BCUT2D eigenvalue weighted by Gasteiger charge is 2.22. The molecule has 0 radical (unpaired) electrons. The Morgan fingerprint density at radius 3 is 1.94 bits per heavy atom. The molecule has 1 saturated carbocycles. The van der Waals surface area contributed by atoms with Gasteiger partial charge >= 0.3 is 0 Å². The summed E-state index contributed by atoms with van der Waals surface area (Å²) in [7, 11) is 0. The number of unbranched alkanes of at least 4 members (excludes halogenated alkanes) is 6. The Balaban J connectivity index is 1.91. The van der Waals surface area contributed by atoms with Crippen LogP contribution in [0.15, 0.2) is 0 Å². The van der Waals surface area contributed by atoms with Crippen molar-refractivity contribution in [1.29, 1.82) is 0 Å². The number of nitrogens with one attached hydrogen (secondary N) is 1. The lowest BCUT2D eigenvalue weighted by Gasteiger charge is -2.32. The second-order valence-electron chi connectivity index (χ2n) is 6.69. The van der Waals surface area contributed by atoms with Gasteiger partial charge < -0.3 is 5.32 Å². The van der Waals surface area contributed by atoms with E-state index in [4.69, 9.17) is 0 Å². The maximum absolute atomic E-state index is 3.78. The van der Waals surface area contributed by atoms with Crippen LogP contribution in [0.25, 0.3) is 0 Å². The Labute approximate surface area is 115 Å². The molecule has 2 atom stereocenters. The van der Waals surface area contributed by atoms with Gasteiger partial charge in [0.1, 0.15) is 0 Å². The Kier molecular flexibility index (Phi) is 8.75. The average Bonchev–Trinajstić information content (AvgIpc) is 2.31. The van der Waals surface area contributed by atoms with E-state index in [1.165, 1.54) is 70.8 Å². The zero-order valence-electron chi connectivity index (χ0n) is 13.0. The molecule has 1 N–H and O–H groups in total. The molecule has 0 amide bonds. The second kappa shape index (κ2) is 9.83. The minimum Gasteiger partial charge on any atom is -0.314 e. The first-order valence-corrected chi connectivity index (χ1v) is 8.45. The zero-order chi connectivity index (χ0) is 13.2. The SMILES string of the molecule is CCCCCCCCCNC1CC(C)CC(C)C1. The molecule has 0 aromatic heterocycles. The van der Waals surface area contributed by atoms with Crippen molar-refractivity contribution >= 4 is 0 Å². The lowest BCUT2D eigenvalue weighted by atomic mass is 9.80. The summed E-state index contributed by atoms with van der Waals surface area (Å²) in [5.41, 5.74) is 0. The first kappa shape index (κ1) is 16.0. The van der Waals surface area contributed by atoms with Gasteiger partial charge in [-0.3, -0.25) is 0 Å². The first-order chi connectivity index (χ1) is 8.72. The fraction of sp³-hybridized carbons (Fsp3) is 1.00. The average molecular weight is 253 g/mol. The topological polar surface area (TPSA) is 12.0 Å². The molecule has 1 aliphatic carbocycles. The molecule has 0 saturated heterocycles. The van der Waals surface area contributed by atoms with Crippen LogP contribution in [0, 0.1) is 11.8 Å². The summed E-state index contributed by atoms with van der Waals surface area (Å²) in [6, 6.07) is 0.809. The fourth-order valence-electron chi connectivity index (χ4n) is 3.50. The Hall–Kier alpha value is -0.0400. The van der Waals surface area contributed by atoms with E-state index in [0.717, 1.165) is 17.9 Å². The van der Waals surface area contributed by atoms with Crippen molar-refractivity contribution in [2.24, 2.45) is 11.8 Å². The van der Waals surface area contributed by atoms with Gasteiger partial charge in [0.15, 0.2) is 0 Å². The van der Waals surface area contributed by atoms with Crippen LogP contribution in [0.3, 0.4) is 0 Å². The summed E-state index contributed by atoms with van der Waals surface area (Å²) in [5.74, 6) is 1.86. The highest BCUT2D eigenvalue weighted by Crippen LogP contribution is 2.28. The minimum atomic E-state index is 0.809. The van der Waals surface area contributed by atoms with Crippen LogP contribution in [0.2, 0.25) is 0 Å². The second-order valence-corrected chi connectivity index (χ2v) is 6.69. The van der Waals surface area contributed by atoms with Crippen molar-refractivity contribution in [2.45, 2.75) is 91.0 Å². The minimum absolute atomic E-state index is 0.809. The van der Waals surface area contributed by atoms with E-state index in [2.05, 4.69) is 26.1 Å². The molecule has 108 valence electrons. The molecule has 0 bridgehead atoms. The van der Waals surface area contributed by atoms with E-state index in [-0.39, 0.29) is 0 Å². The Bertz CT molecular complexity index is 180. The predicted octanol–water partition coefficient (Wildman–Crippen LogP) is 5.15. The number of rotatable bonds is 9. The molecule has 1 aliphatic rings. The van der Waals surface area contributed by atoms with Crippen LogP contribution in [0.4, 0.5) is 0 Å². The number of hydrogen-bond acceptors (Lipinski definition) is 1. The van der Waals surface area contributed by atoms with Crippen molar-refractivity contribution in [3.63, 3.8) is 0 Å². The van der Waals surface area contributed by atoms with Gasteiger partial charge in [0.25, 0.3) is 0 Å². The molecule has 1 fully saturated rings. The van der Waals surface area contributed by atoms with Crippen LogP contribution < -0.4 is 5.32 Å². The third-order valence-electron chi connectivity index (χ3n) is 4.39. The van der Waals surface area contributed by atoms with Crippen molar-refractivity contribution in [3.05, 3.63) is 0 Å². The van der Waals surface area contributed by atoms with Crippen LogP contribution in [-0.4, -0.2) is 12.6 Å². The molecule has 0 aliphatic heterocycles. The molecule has 2 unspecified atom stereocenters. The van der Waals surface area contributed by atoms with Crippen molar-refractivity contribution in [1.82, 2.24) is 5.32 Å². The molecule has 1 heteroatoms. The molecular formula is C17H35N. The van der Waals surface area contributed by atoms with E-state index in [0.29, 0.717) is 0 Å². The maximum atomic E-state index is 3.78. The lowest BCUT2D eigenvalue weighted by Crippen LogP contribution is -2.36. The number of hydrogen-bond donors (Lipinski definition) is 1. The summed E-state index contributed by atoms with van der Waals surface area (Å²) in [6.45, 7) is 8.37. The molecule has 0 heterocycles. The molecule has 0 spiro atoms. The van der Waals surface area contributed by atoms with E-state index < -0.39 is 0 Å². The maximum Gasteiger partial charge on any atom is 0.00721 e. The van der Waals surface area contributed by atoms with E-state index in [1.807, 2.05) is 0 Å². The standard InChI is InChI=1S/C17H35N/c1-4-5-6-7-8-9-10-11-18-17-13-15(2)12-16(3)14-17/h15-18H,4-14H2,1-3H3. The van der Waals surface area contributed by atoms with Gasteiger partial charge in [0.05, 0.1) is 0 Å². The zero-order valence-corrected chi connectivity index (χ0v) is 13.0. The van der Waals surface area contributed by atoms with Crippen LogP contribution >= 0.6 is 0 Å². The largest absolute Gasteiger partial charge is 0.314 e. The fourth-order valence-corrected chi connectivity index (χ4v) is 3.50. The predicted molar refractivity (Wildman–Crippen MR) is 82.0 cm³/mol. The molecular weight excluding hydrogens is 218 g/mol. The van der Waals surface area contributed by atoms with Gasteiger partial charge in [-0.1, -0.05) is 59.3 Å². The monoisotopic (exact) mass is 253 g/mol. The normalized spacial score (nSPS) is 28.5. The summed E-state index contributed by atoms with van der Waals surface area (Å²) >= 11 is 0. The summed E-state index contributed by atoms with van der Waals surface area (Å²) < 4.78 is 0. The van der Waals surface area contributed by atoms with Gasteiger partial charge in [-0.15, -0.1) is 0 Å².